The molecule has 12 heteroatoms. The molecule has 0 aliphatic heterocycles. The summed E-state index contributed by atoms with van der Waals surface area (Å²) in [5, 5.41) is 7.39. The molecular formula is C25H28N8O4. The van der Waals surface area contributed by atoms with Crippen molar-refractivity contribution >= 4 is 34.6 Å². The molecular weight excluding hydrogens is 476 g/mol. The molecule has 1 aliphatic carbocycles. The lowest BCUT2D eigenvalue weighted by Crippen LogP contribution is -2.27. The van der Waals surface area contributed by atoms with Crippen LogP contribution in [0.4, 0.5) is 16.3 Å². The van der Waals surface area contributed by atoms with Crippen molar-refractivity contribution in [2.75, 3.05) is 12.4 Å². The molecule has 0 atom stereocenters. The van der Waals surface area contributed by atoms with E-state index in [2.05, 4.69) is 20.4 Å². The maximum Gasteiger partial charge on any atom is 0.435 e. The Balaban J connectivity index is 1.60. The number of aryl methyl sites for hydroxylation is 2. The standard InChI is InChI=1S/C25H28N8O4/c1-13-16(11-33(31-13)24(35)37-25(2,3)4)28-22-21(23(34)36-6)29-20(18(30-22)14-7-8-14)15-9-26-10-17-19(15)27-12-32(17)5/h9-12,14H,7-8H2,1-6H3,(H,28,30). The number of hydrogen-bond acceptors (Lipinski definition) is 10. The van der Waals surface area contributed by atoms with Crippen molar-refractivity contribution in [1.29, 1.82) is 0 Å². The fraction of sp³-hybridized carbons (Fsp3) is 0.400. The first kappa shape index (κ1) is 24.3. The van der Waals surface area contributed by atoms with Gasteiger partial charge in [0, 0.05) is 24.7 Å². The second-order valence-corrected chi connectivity index (χ2v) is 10.0. The third-order valence-electron chi connectivity index (χ3n) is 5.89. The average molecular weight is 505 g/mol. The topological polar surface area (TPSA) is 139 Å². The van der Waals surface area contributed by atoms with E-state index in [1.54, 1.807) is 46.4 Å². The molecule has 0 spiro atoms. The Bertz CT molecular complexity index is 1530. The molecule has 4 aromatic rings. The van der Waals surface area contributed by atoms with Gasteiger partial charge < -0.3 is 19.4 Å². The van der Waals surface area contributed by atoms with Gasteiger partial charge in [-0.1, -0.05) is 0 Å². The van der Waals surface area contributed by atoms with E-state index in [4.69, 9.17) is 19.4 Å². The van der Waals surface area contributed by atoms with Gasteiger partial charge in [0.05, 0.1) is 54.1 Å². The van der Waals surface area contributed by atoms with Gasteiger partial charge in [0.15, 0.2) is 11.5 Å². The Hall–Kier alpha value is -4.35. The number of aromatic nitrogens is 7. The maximum atomic E-state index is 12.8. The molecule has 192 valence electrons. The van der Waals surface area contributed by atoms with Gasteiger partial charge in [-0.3, -0.25) is 4.98 Å². The summed E-state index contributed by atoms with van der Waals surface area (Å²) in [6.07, 6.45) is 7.93. The molecule has 12 nitrogen and oxygen atoms in total. The molecule has 1 saturated carbocycles. The number of rotatable bonds is 5. The summed E-state index contributed by atoms with van der Waals surface area (Å²) in [6.45, 7) is 7.07. The molecule has 4 heterocycles. The molecule has 0 aromatic carbocycles. The van der Waals surface area contributed by atoms with Gasteiger partial charge in [0.2, 0.25) is 0 Å². The maximum absolute atomic E-state index is 12.8. The highest BCUT2D eigenvalue weighted by Crippen LogP contribution is 2.44. The molecule has 0 radical (unpaired) electrons. The predicted molar refractivity (Wildman–Crippen MR) is 135 cm³/mol. The van der Waals surface area contributed by atoms with Crippen molar-refractivity contribution in [2.24, 2.45) is 7.05 Å². The Morgan fingerprint density at radius 3 is 2.59 bits per heavy atom. The van der Waals surface area contributed by atoms with E-state index in [0.717, 1.165) is 34.3 Å². The number of hydrogen-bond donors (Lipinski definition) is 1. The van der Waals surface area contributed by atoms with Crippen LogP contribution in [-0.4, -0.2) is 59.1 Å². The van der Waals surface area contributed by atoms with E-state index in [1.165, 1.54) is 13.3 Å². The summed E-state index contributed by atoms with van der Waals surface area (Å²) in [4.78, 5) is 43.8. The Morgan fingerprint density at radius 2 is 1.92 bits per heavy atom. The summed E-state index contributed by atoms with van der Waals surface area (Å²) >= 11 is 0. The molecule has 0 amide bonds. The van der Waals surface area contributed by atoms with Crippen LogP contribution < -0.4 is 5.32 Å². The van der Waals surface area contributed by atoms with Crippen LogP contribution >= 0.6 is 0 Å². The second kappa shape index (κ2) is 8.95. The fourth-order valence-corrected chi connectivity index (χ4v) is 3.94. The van der Waals surface area contributed by atoms with Gasteiger partial charge in [0.25, 0.3) is 0 Å². The van der Waals surface area contributed by atoms with E-state index in [0.29, 0.717) is 22.6 Å². The summed E-state index contributed by atoms with van der Waals surface area (Å²) in [7, 11) is 3.18. The molecule has 5 rings (SSSR count). The highest BCUT2D eigenvalue weighted by atomic mass is 16.6. The van der Waals surface area contributed by atoms with Crippen LogP contribution in [0.2, 0.25) is 0 Å². The minimum Gasteiger partial charge on any atom is -0.464 e. The van der Waals surface area contributed by atoms with E-state index in [9.17, 15) is 9.59 Å². The van der Waals surface area contributed by atoms with Gasteiger partial charge >= 0.3 is 12.1 Å². The molecule has 1 fully saturated rings. The molecule has 0 saturated heterocycles. The zero-order valence-electron chi connectivity index (χ0n) is 21.6. The first-order valence-electron chi connectivity index (χ1n) is 11.9. The first-order valence-corrected chi connectivity index (χ1v) is 11.9. The zero-order chi connectivity index (χ0) is 26.5. The number of pyridine rings is 1. The predicted octanol–water partition coefficient (Wildman–Crippen LogP) is 4.12. The minimum atomic E-state index is -0.672. The van der Waals surface area contributed by atoms with Crippen molar-refractivity contribution < 1.29 is 19.1 Å². The average Bonchev–Trinajstić information content (AvgIpc) is 3.54. The number of carbonyl (C=O) groups is 2. The largest absolute Gasteiger partial charge is 0.464 e. The molecule has 1 aliphatic rings. The summed E-state index contributed by atoms with van der Waals surface area (Å²) in [5.74, 6) is -0.248. The lowest BCUT2D eigenvalue weighted by Gasteiger charge is -2.18. The highest BCUT2D eigenvalue weighted by molar-refractivity contribution is 5.96. The molecule has 4 aromatic heterocycles. The SMILES string of the molecule is COC(=O)c1nc(-c2cncc3c2ncn3C)c(C2CC2)nc1Nc1cn(C(=O)OC(C)(C)C)nc1C. The summed E-state index contributed by atoms with van der Waals surface area (Å²) < 4.78 is 13.4. The summed E-state index contributed by atoms with van der Waals surface area (Å²) in [5.41, 5.74) is 3.87. The molecule has 37 heavy (non-hydrogen) atoms. The van der Waals surface area contributed by atoms with Crippen molar-refractivity contribution in [1.82, 2.24) is 34.3 Å². The van der Waals surface area contributed by atoms with Crippen LogP contribution in [0.15, 0.2) is 24.9 Å². The van der Waals surface area contributed by atoms with Gasteiger partial charge in [-0.25, -0.2) is 24.5 Å². The van der Waals surface area contributed by atoms with Crippen LogP contribution in [0.1, 0.15) is 61.4 Å². The lowest BCUT2D eigenvalue weighted by molar-refractivity contribution is 0.0513. The normalized spacial score (nSPS) is 13.6. The van der Waals surface area contributed by atoms with E-state index >= 15 is 0 Å². The van der Waals surface area contributed by atoms with Gasteiger partial charge in [-0.2, -0.15) is 9.78 Å². The third-order valence-corrected chi connectivity index (χ3v) is 5.89. The van der Waals surface area contributed by atoms with E-state index < -0.39 is 17.7 Å². The van der Waals surface area contributed by atoms with Crippen molar-refractivity contribution in [2.45, 2.75) is 52.1 Å². The van der Waals surface area contributed by atoms with Gasteiger partial charge in [-0.15, -0.1) is 0 Å². The molecule has 0 bridgehead atoms. The minimum absolute atomic E-state index is 0.000692. The molecule has 1 N–H and O–H groups in total. The highest BCUT2D eigenvalue weighted by Gasteiger charge is 2.33. The quantitative estimate of drug-likeness (QED) is 0.395. The lowest BCUT2D eigenvalue weighted by atomic mass is 10.1. The zero-order valence-corrected chi connectivity index (χ0v) is 21.6. The van der Waals surface area contributed by atoms with Crippen molar-refractivity contribution in [3.05, 3.63) is 42.0 Å². The second-order valence-electron chi connectivity index (χ2n) is 10.0. The monoisotopic (exact) mass is 504 g/mol. The van der Waals surface area contributed by atoms with Crippen LogP contribution in [0.3, 0.4) is 0 Å². The van der Waals surface area contributed by atoms with Crippen molar-refractivity contribution in [3.63, 3.8) is 0 Å². The Morgan fingerprint density at radius 1 is 1.16 bits per heavy atom. The number of esters is 1. The van der Waals surface area contributed by atoms with Crippen LogP contribution in [0.25, 0.3) is 22.3 Å². The smallest absolute Gasteiger partial charge is 0.435 e. The van der Waals surface area contributed by atoms with Crippen LogP contribution in [-0.2, 0) is 16.5 Å². The van der Waals surface area contributed by atoms with Crippen molar-refractivity contribution in [3.8, 4) is 11.3 Å². The number of nitrogens with zero attached hydrogens (tertiary/aromatic N) is 7. The number of nitrogens with one attached hydrogen (secondary N) is 1. The third kappa shape index (κ3) is 4.74. The van der Waals surface area contributed by atoms with E-state index in [1.807, 2.05) is 11.6 Å². The fourth-order valence-electron chi connectivity index (χ4n) is 3.94. The number of imidazole rings is 1. The first-order chi connectivity index (χ1) is 17.6. The Labute approximate surface area is 213 Å². The number of anilines is 2. The number of carbonyl (C=O) groups excluding carboxylic acids is 2. The van der Waals surface area contributed by atoms with Gasteiger partial charge in [0.1, 0.15) is 11.1 Å². The molecule has 0 unspecified atom stereocenters. The van der Waals surface area contributed by atoms with E-state index in [-0.39, 0.29) is 17.4 Å². The summed E-state index contributed by atoms with van der Waals surface area (Å²) in [6, 6.07) is 0. The number of fused-ring (bicyclic) bond motifs is 1. The number of ether oxygens (including phenoxy) is 2. The van der Waals surface area contributed by atoms with Crippen LogP contribution in [0, 0.1) is 6.92 Å². The van der Waals surface area contributed by atoms with Crippen LogP contribution in [0.5, 0.6) is 0 Å². The van der Waals surface area contributed by atoms with Gasteiger partial charge in [-0.05, 0) is 40.5 Å². The Kier molecular flexibility index (Phi) is 5.89. The number of methoxy groups -OCH3 is 1.